The molecule has 42 heavy (non-hydrogen) atoms. The summed E-state index contributed by atoms with van der Waals surface area (Å²) in [6.45, 7) is 0. The third-order valence-electron chi connectivity index (χ3n) is 8.80. The lowest BCUT2D eigenvalue weighted by Gasteiger charge is -2.51. The summed E-state index contributed by atoms with van der Waals surface area (Å²) in [5, 5.41) is 11.1. The number of allylic oxidation sites excluding steroid dienone is 2. The van der Waals surface area contributed by atoms with Crippen LogP contribution in [0.5, 0.6) is 11.5 Å². The minimum absolute atomic E-state index is 0.0899. The average Bonchev–Trinajstić information content (AvgIpc) is 3.30. The van der Waals surface area contributed by atoms with Crippen LogP contribution in [0, 0.1) is 17.8 Å². The lowest BCUT2D eigenvalue weighted by Crippen LogP contribution is -2.60. The summed E-state index contributed by atoms with van der Waals surface area (Å²) in [4.78, 5) is 53.7. The first-order valence-corrected chi connectivity index (χ1v) is 16.6. The Morgan fingerprint density at radius 1 is 1.02 bits per heavy atom. The third-order valence-corrected chi connectivity index (χ3v) is 13.1. The van der Waals surface area contributed by atoms with Gasteiger partial charge in [-0.3, -0.25) is 29.0 Å². The van der Waals surface area contributed by atoms with Crippen molar-refractivity contribution >= 4 is 112 Å². The Balaban J connectivity index is 1.56. The quantitative estimate of drug-likeness (QED) is 0.164. The van der Waals surface area contributed by atoms with E-state index in [1.165, 1.54) is 13.2 Å². The van der Waals surface area contributed by atoms with Crippen LogP contribution in [0.1, 0.15) is 24.3 Å². The molecule has 2 aromatic rings. The summed E-state index contributed by atoms with van der Waals surface area (Å²) in [5.41, 5.74) is 1.27. The zero-order valence-electron chi connectivity index (χ0n) is 21.5. The number of hydrogen-bond donors (Lipinski definition) is 1. The molecule has 0 radical (unpaired) electrons. The average molecular weight is 827 g/mol. The highest BCUT2D eigenvalue weighted by molar-refractivity contribution is 9.13. The van der Waals surface area contributed by atoms with Gasteiger partial charge in [0.2, 0.25) is 11.8 Å². The van der Waals surface area contributed by atoms with E-state index in [1.807, 2.05) is 6.08 Å². The monoisotopic (exact) mass is 822 g/mol. The maximum Gasteiger partial charge on any atom is 0.254 e. The smallest absolute Gasteiger partial charge is 0.254 e. The number of fused-ring (bicyclic) bond motifs is 4. The van der Waals surface area contributed by atoms with Gasteiger partial charge < -0.3 is 9.84 Å². The molecule has 4 aliphatic rings. The number of rotatable bonds is 4. The zero-order chi connectivity index (χ0) is 30.5. The number of phenols is 1. The molecule has 1 saturated carbocycles. The number of anilines is 1. The number of carbonyl (C=O) groups is 4. The molecule has 2 aliphatic heterocycles. The van der Waals surface area contributed by atoms with Crippen LogP contribution < -0.4 is 9.64 Å². The van der Waals surface area contributed by atoms with Crippen molar-refractivity contribution in [3.05, 3.63) is 61.5 Å². The maximum atomic E-state index is 14.1. The second kappa shape index (κ2) is 10.5. The number of benzene rings is 2. The number of carbonyl (C=O) groups excluding carboxylic acids is 4. The number of imide groups is 2. The molecule has 2 heterocycles. The minimum Gasteiger partial charge on any atom is -0.503 e. The fourth-order valence-corrected chi connectivity index (χ4v) is 9.42. The Bertz CT molecular complexity index is 1620. The van der Waals surface area contributed by atoms with E-state index in [4.69, 9.17) is 39.5 Å². The summed E-state index contributed by atoms with van der Waals surface area (Å²) < 4.78 is 6.00. The lowest BCUT2D eigenvalue weighted by atomic mass is 9.56. The van der Waals surface area contributed by atoms with Crippen molar-refractivity contribution in [1.29, 1.82) is 0 Å². The third kappa shape index (κ3) is 3.89. The highest BCUT2D eigenvalue weighted by Crippen LogP contribution is 2.66. The number of alkyl halides is 3. The van der Waals surface area contributed by atoms with Crippen molar-refractivity contribution in [3.8, 4) is 11.5 Å². The standard InChI is InChI=1S/C28H20Br3Cl3N2O6/c1-42-17-8-15(20(30)21(31)22(17)37)19-13-6-7-14-18(24(39)36(23(14)38)12-4-2-11(32)3-5-12)16(13)9-27(33)25(40)35(10-29)26(41)28(19,27)34/h2-6,8,14,16,18-19,37H,7,9-10H2,1H3/t14-,16+,18-,19+,27+,28-/m0/s1. The number of phenolic OH excluding ortho intramolecular Hbond substituents is 1. The first kappa shape index (κ1) is 30.4. The lowest BCUT2D eigenvalue weighted by molar-refractivity contribution is -0.138. The summed E-state index contributed by atoms with van der Waals surface area (Å²) in [5.74, 6) is -5.58. The number of amides is 4. The largest absolute Gasteiger partial charge is 0.503 e. The number of halogens is 6. The molecule has 0 aromatic heterocycles. The number of aromatic hydroxyl groups is 1. The van der Waals surface area contributed by atoms with Crippen molar-refractivity contribution in [3.63, 3.8) is 0 Å². The van der Waals surface area contributed by atoms with E-state index in [9.17, 15) is 24.3 Å². The van der Waals surface area contributed by atoms with Crippen molar-refractivity contribution in [2.75, 3.05) is 17.5 Å². The zero-order valence-corrected chi connectivity index (χ0v) is 28.6. The van der Waals surface area contributed by atoms with E-state index >= 15 is 0 Å². The van der Waals surface area contributed by atoms with Crippen LogP contribution >= 0.6 is 82.6 Å². The molecule has 0 bridgehead atoms. The Kier molecular flexibility index (Phi) is 7.59. The predicted molar refractivity (Wildman–Crippen MR) is 167 cm³/mol. The van der Waals surface area contributed by atoms with Gasteiger partial charge in [0, 0.05) is 15.4 Å². The molecule has 0 unspecified atom stereocenters. The SMILES string of the molecule is COc1cc([C@H]2C3=CC[C@@H]4C(=O)N(c5ccc(Cl)cc5)C(=O)[C@@H]4[C@@H]3C[C@@]3(Cl)C(=O)N(CBr)C(=O)[C@@]23Cl)c(Br)c(Br)c1O. The Hall–Kier alpha value is -1.63. The van der Waals surface area contributed by atoms with Gasteiger partial charge in [-0.2, -0.15) is 0 Å². The Morgan fingerprint density at radius 3 is 2.31 bits per heavy atom. The molecule has 2 aliphatic carbocycles. The molecular formula is C28H20Br3Cl3N2O6. The molecule has 6 atom stereocenters. The van der Waals surface area contributed by atoms with Crippen LogP contribution in [0.2, 0.25) is 5.02 Å². The molecule has 3 fully saturated rings. The Labute approximate surface area is 280 Å². The van der Waals surface area contributed by atoms with Gasteiger partial charge in [0.1, 0.15) is 0 Å². The fourth-order valence-electron chi connectivity index (χ4n) is 6.92. The number of nitrogens with zero attached hydrogens (tertiary/aromatic N) is 2. The summed E-state index contributed by atoms with van der Waals surface area (Å²) in [6.07, 6.45) is 1.90. The topological polar surface area (TPSA) is 104 Å². The first-order chi connectivity index (χ1) is 19.8. The van der Waals surface area contributed by atoms with E-state index in [2.05, 4.69) is 47.8 Å². The van der Waals surface area contributed by atoms with Gasteiger partial charge in [-0.1, -0.05) is 39.2 Å². The van der Waals surface area contributed by atoms with Gasteiger partial charge in [0.15, 0.2) is 21.2 Å². The molecule has 2 saturated heterocycles. The van der Waals surface area contributed by atoms with Crippen LogP contribution in [0.3, 0.4) is 0 Å². The first-order valence-electron chi connectivity index (χ1n) is 12.7. The number of hydrogen-bond acceptors (Lipinski definition) is 6. The van der Waals surface area contributed by atoms with Crippen molar-refractivity contribution in [2.45, 2.75) is 28.5 Å². The second-order valence-electron chi connectivity index (χ2n) is 10.6. The molecule has 220 valence electrons. The van der Waals surface area contributed by atoms with Crippen LogP contribution in [0.4, 0.5) is 5.69 Å². The predicted octanol–water partition coefficient (Wildman–Crippen LogP) is 6.50. The molecule has 1 N–H and O–H groups in total. The molecule has 0 spiro atoms. The molecule has 2 aromatic carbocycles. The van der Waals surface area contributed by atoms with Crippen LogP contribution in [-0.4, -0.2) is 55.9 Å². The van der Waals surface area contributed by atoms with E-state index in [0.29, 0.717) is 26.3 Å². The van der Waals surface area contributed by atoms with Gasteiger partial charge in [-0.05, 0) is 86.5 Å². The van der Waals surface area contributed by atoms with Crippen LogP contribution in [0.25, 0.3) is 0 Å². The van der Waals surface area contributed by atoms with Gasteiger partial charge in [0.25, 0.3) is 11.8 Å². The molecule has 4 amide bonds. The molecular weight excluding hydrogens is 806 g/mol. The summed E-state index contributed by atoms with van der Waals surface area (Å²) in [7, 11) is 1.38. The normalized spacial score (nSPS) is 32.1. The Morgan fingerprint density at radius 2 is 1.69 bits per heavy atom. The van der Waals surface area contributed by atoms with Crippen LogP contribution in [0.15, 0.2) is 50.9 Å². The summed E-state index contributed by atoms with van der Waals surface area (Å²) in [6, 6.07) is 7.93. The van der Waals surface area contributed by atoms with Gasteiger partial charge in [0.05, 0.1) is 34.6 Å². The van der Waals surface area contributed by atoms with Gasteiger partial charge >= 0.3 is 0 Å². The highest BCUT2D eigenvalue weighted by Gasteiger charge is 2.76. The molecule has 6 rings (SSSR count). The second-order valence-corrected chi connectivity index (χ2v) is 14.4. The van der Waals surface area contributed by atoms with Crippen molar-refractivity contribution < 1.29 is 29.0 Å². The van der Waals surface area contributed by atoms with E-state index in [1.54, 1.807) is 24.3 Å². The van der Waals surface area contributed by atoms with Gasteiger partial charge in [-0.15, -0.1) is 23.2 Å². The van der Waals surface area contributed by atoms with Gasteiger partial charge in [-0.25, -0.2) is 0 Å². The van der Waals surface area contributed by atoms with E-state index in [0.717, 1.165) is 9.80 Å². The fraction of sp³-hybridized carbons (Fsp3) is 0.357. The minimum atomic E-state index is -2.00. The van der Waals surface area contributed by atoms with Crippen molar-refractivity contribution in [2.24, 2.45) is 17.8 Å². The summed E-state index contributed by atoms with van der Waals surface area (Å²) >= 11 is 30.7. The maximum absolute atomic E-state index is 14.1. The number of likely N-dealkylation sites (tertiary alicyclic amines) is 1. The highest BCUT2D eigenvalue weighted by atomic mass is 79.9. The molecule has 8 nitrogen and oxygen atoms in total. The number of ether oxygens (including phenoxy) is 1. The van der Waals surface area contributed by atoms with Crippen molar-refractivity contribution in [1.82, 2.24) is 4.90 Å². The van der Waals surface area contributed by atoms with E-state index in [-0.39, 0.29) is 40.2 Å². The number of methoxy groups -OCH3 is 1. The van der Waals surface area contributed by atoms with Crippen LogP contribution in [-0.2, 0) is 19.2 Å². The molecule has 14 heteroatoms. The van der Waals surface area contributed by atoms with E-state index < -0.39 is 51.1 Å².